The molecular weight excluding hydrogens is 747 g/mol. The Morgan fingerprint density at radius 1 is 0.361 bits per heavy atom. The van der Waals surface area contributed by atoms with E-state index >= 15 is 0 Å². The molecule has 0 unspecified atom stereocenters. The molecule has 3 aromatic heterocycles. The van der Waals surface area contributed by atoms with Gasteiger partial charge in [0.2, 0.25) is 0 Å². The van der Waals surface area contributed by atoms with Gasteiger partial charge in [0.1, 0.15) is 33.5 Å². The second-order valence-corrected chi connectivity index (χ2v) is 16.8. The van der Waals surface area contributed by atoms with Gasteiger partial charge in [0.25, 0.3) is 0 Å². The summed E-state index contributed by atoms with van der Waals surface area (Å²) in [7, 11) is 0. The zero-order valence-electron chi connectivity index (χ0n) is 33.6. The highest BCUT2D eigenvalue weighted by Gasteiger charge is 2.36. The minimum absolute atomic E-state index is 0.138. The maximum absolute atomic E-state index is 6.84. The summed E-state index contributed by atoms with van der Waals surface area (Å²) in [4.78, 5) is 2.41. The van der Waals surface area contributed by atoms with Crippen LogP contribution in [0.25, 0.3) is 99.2 Å². The molecule has 0 amide bonds. The number of furan rings is 3. The van der Waals surface area contributed by atoms with Crippen LogP contribution in [0, 0.1) is 0 Å². The van der Waals surface area contributed by atoms with Crippen molar-refractivity contribution in [1.29, 1.82) is 0 Å². The van der Waals surface area contributed by atoms with Gasteiger partial charge in [-0.1, -0.05) is 141 Å². The van der Waals surface area contributed by atoms with Gasteiger partial charge >= 0.3 is 0 Å². The first-order valence-corrected chi connectivity index (χ1v) is 20.9. The van der Waals surface area contributed by atoms with Gasteiger partial charge in [0, 0.05) is 49.3 Å². The van der Waals surface area contributed by atoms with Gasteiger partial charge in [-0.05, 0) is 99.6 Å². The Bertz CT molecular complexity index is 3730. The molecule has 0 atom stereocenters. The van der Waals surface area contributed by atoms with E-state index in [1.165, 1.54) is 27.8 Å². The van der Waals surface area contributed by atoms with Gasteiger partial charge in [-0.25, -0.2) is 0 Å². The van der Waals surface area contributed by atoms with Gasteiger partial charge in [0.05, 0.1) is 11.1 Å². The number of hydrogen-bond donors (Lipinski definition) is 0. The van der Waals surface area contributed by atoms with Crippen molar-refractivity contribution >= 4 is 82.9 Å². The van der Waals surface area contributed by atoms with Gasteiger partial charge in [0.15, 0.2) is 0 Å². The average molecular weight is 784 g/mol. The summed E-state index contributed by atoms with van der Waals surface area (Å²) in [5.41, 5.74) is 17.8. The summed E-state index contributed by atoms with van der Waals surface area (Å²) in [5.74, 6) is 0. The first-order chi connectivity index (χ1) is 30.0. The van der Waals surface area contributed by atoms with Crippen molar-refractivity contribution in [2.45, 2.75) is 19.3 Å². The lowest BCUT2D eigenvalue weighted by Gasteiger charge is -2.30. The fourth-order valence-corrected chi connectivity index (χ4v) is 10.2. The van der Waals surface area contributed by atoms with Gasteiger partial charge in [-0.2, -0.15) is 0 Å². The Labute approximate surface area is 351 Å². The van der Waals surface area contributed by atoms with Crippen molar-refractivity contribution in [1.82, 2.24) is 0 Å². The molecule has 1 aliphatic rings. The molecule has 0 radical (unpaired) electrons. The van der Waals surface area contributed by atoms with Gasteiger partial charge in [-0.3, -0.25) is 0 Å². The minimum Gasteiger partial charge on any atom is -0.456 e. The molecule has 13 rings (SSSR count). The van der Waals surface area contributed by atoms with Crippen molar-refractivity contribution in [2.75, 3.05) is 4.90 Å². The van der Waals surface area contributed by atoms with Crippen LogP contribution < -0.4 is 4.90 Å². The van der Waals surface area contributed by atoms with Crippen molar-refractivity contribution in [2.24, 2.45) is 0 Å². The molecule has 4 heteroatoms. The predicted molar refractivity (Wildman–Crippen MR) is 251 cm³/mol. The molecular formula is C57H37NO3. The van der Waals surface area contributed by atoms with E-state index in [9.17, 15) is 0 Å². The summed E-state index contributed by atoms with van der Waals surface area (Å²) in [6.45, 7) is 4.69. The molecule has 288 valence electrons. The molecule has 0 saturated carbocycles. The van der Waals surface area contributed by atoms with Crippen LogP contribution in [0.2, 0.25) is 0 Å². The number of nitrogens with zero attached hydrogens (tertiary/aromatic N) is 1. The summed E-state index contributed by atoms with van der Waals surface area (Å²) in [6.07, 6.45) is 0. The average Bonchev–Trinajstić information content (AvgIpc) is 4.05. The third-order valence-electron chi connectivity index (χ3n) is 13.1. The molecule has 1 aliphatic carbocycles. The summed E-state index contributed by atoms with van der Waals surface area (Å²) >= 11 is 0. The minimum atomic E-state index is -0.138. The van der Waals surface area contributed by atoms with Crippen LogP contribution in [0.3, 0.4) is 0 Å². The molecule has 12 aromatic rings. The maximum Gasteiger partial charge on any atom is 0.147 e. The van der Waals surface area contributed by atoms with Crippen molar-refractivity contribution in [3.05, 3.63) is 199 Å². The monoisotopic (exact) mass is 783 g/mol. The van der Waals surface area contributed by atoms with Crippen molar-refractivity contribution in [3.8, 4) is 33.4 Å². The second kappa shape index (κ2) is 12.6. The lowest BCUT2D eigenvalue weighted by Crippen LogP contribution is -2.16. The summed E-state index contributed by atoms with van der Waals surface area (Å²) < 4.78 is 19.9. The molecule has 0 saturated heterocycles. The molecule has 3 heterocycles. The lowest BCUT2D eigenvalue weighted by molar-refractivity contribution is 0.660. The fraction of sp³-hybridized carbons (Fsp3) is 0.0526. The van der Waals surface area contributed by atoms with E-state index in [0.29, 0.717) is 0 Å². The van der Waals surface area contributed by atoms with E-state index in [0.717, 1.165) is 99.6 Å². The van der Waals surface area contributed by atoms with E-state index in [1.54, 1.807) is 0 Å². The Kier molecular flexibility index (Phi) is 7.04. The zero-order chi connectivity index (χ0) is 40.4. The molecule has 0 N–H and O–H groups in total. The molecule has 0 spiro atoms. The third kappa shape index (κ3) is 4.87. The molecule has 0 aliphatic heterocycles. The first-order valence-electron chi connectivity index (χ1n) is 20.9. The largest absolute Gasteiger partial charge is 0.456 e. The van der Waals surface area contributed by atoms with E-state index in [1.807, 2.05) is 30.3 Å². The predicted octanol–water partition coefficient (Wildman–Crippen LogP) is 16.5. The fourth-order valence-electron chi connectivity index (χ4n) is 10.2. The van der Waals surface area contributed by atoms with Crippen LogP contribution in [0.1, 0.15) is 25.0 Å². The zero-order valence-corrected chi connectivity index (χ0v) is 33.6. The van der Waals surface area contributed by atoms with Crippen LogP contribution in [0.15, 0.2) is 201 Å². The maximum atomic E-state index is 6.84. The third-order valence-corrected chi connectivity index (χ3v) is 13.1. The standard InChI is InChI=1S/C57H37NO3/c1-57(2)44-20-10-6-17-39(44)40-29-28-37(32-45(40)57)58(46-21-11-7-16-38(46)34-14-4-3-5-15-34)36-26-24-35(25-27-36)43-33-51-55(56-52(43)41-18-8-13-23-48(41)61-56)54-50(60-51)31-30-49-53(54)42-19-9-12-22-47(42)59-49/h3-33H,1-2H3. The van der Waals surface area contributed by atoms with Crippen LogP contribution >= 0.6 is 0 Å². The molecule has 61 heavy (non-hydrogen) atoms. The number of fused-ring (bicyclic) bond motifs is 14. The van der Waals surface area contributed by atoms with Gasteiger partial charge in [-0.15, -0.1) is 0 Å². The van der Waals surface area contributed by atoms with E-state index in [-0.39, 0.29) is 5.41 Å². The van der Waals surface area contributed by atoms with Crippen molar-refractivity contribution < 1.29 is 13.3 Å². The highest BCUT2D eigenvalue weighted by Crippen LogP contribution is 2.52. The lowest BCUT2D eigenvalue weighted by atomic mass is 9.82. The number of hydrogen-bond acceptors (Lipinski definition) is 4. The van der Waals surface area contributed by atoms with E-state index < -0.39 is 0 Å². The Morgan fingerprint density at radius 3 is 1.75 bits per heavy atom. The molecule has 9 aromatic carbocycles. The van der Waals surface area contributed by atoms with Crippen LogP contribution in [-0.2, 0) is 5.41 Å². The Hall–Kier alpha value is -7.82. The highest BCUT2D eigenvalue weighted by atomic mass is 16.3. The summed E-state index contributed by atoms with van der Waals surface area (Å²) in [6, 6.07) is 67.0. The second-order valence-electron chi connectivity index (χ2n) is 16.8. The highest BCUT2D eigenvalue weighted by molar-refractivity contribution is 6.33. The Balaban J connectivity index is 1.02. The van der Waals surface area contributed by atoms with E-state index in [2.05, 4.69) is 176 Å². The normalized spacial score (nSPS) is 13.2. The summed E-state index contributed by atoms with van der Waals surface area (Å²) in [5, 5.41) is 6.21. The van der Waals surface area contributed by atoms with Crippen LogP contribution in [0.5, 0.6) is 0 Å². The number of para-hydroxylation sites is 3. The topological polar surface area (TPSA) is 42.7 Å². The number of anilines is 3. The quantitative estimate of drug-likeness (QED) is 0.174. The first kappa shape index (κ1) is 34.1. The molecule has 4 nitrogen and oxygen atoms in total. The van der Waals surface area contributed by atoms with E-state index in [4.69, 9.17) is 13.3 Å². The smallest absolute Gasteiger partial charge is 0.147 e. The van der Waals surface area contributed by atoms with Gasteiger partial charge < -0.3 is 18.2 Å². The Morgan fingerprint density at radius 2 is 0.951 bits per heavy atom. The molecule has 0 fully saturated rings. The number of rotatable bonds is 5. The SMILES string of the molecule is CC1(C)c2ccccc2-c2ccc(N(c3ccc(-c4cc5oc6ccc7oc8ccccc8c7c6c5c5oc6ccccc6c45)cc3)c3ccccc3-c3ccccc3)cc21. The number of benzene rings is 9. The van der Waals surface area contributed by atoms with Crippen LogP contribution in [0.4, 0.5) is 17.1 Å². The molecule has 0 bridgehead atoms. The van der Waals surface area contributed by atoms with Crippen LogP contribution in [-0.4, -0.2) is 0 Å². The van der Waals surface area contributed by atoms with Crippen molar-refractivity contribution in [3.63, 3.8) is 0 Å².